The molecule has 0 aromatic carbocycles. The van der Waals surface area contributed by atoms with Gasteiger partial charge in [-0.15, -0.1) is 0 Å². The Morgan fingerprint density at radius 3 is 1.86 bits per heavy atom. The van der Waals surface area contributed by atoms with Crippen molar-refractivity contribution in [2.45, 2.75) is 23.9 Å². The Bertz CT molecular complexity index is 667. The average Bonchev–Trinajstić information content (AvgIpc) is 2.77. The molecule has 0 spiro atoms. The summed E-state index contributed by atoms with van der Waals surface area (Å²) in [5.74, 6) is 1.25. The molecule has 0 bridgehead atoms. The molecule has 2 atom stereocenters. The maximum Gasteiger partial charge on any atom is 0.508 e. The Labute approximate surface area is 167 Å². The molecule has 0 N–H and O–H groups in total. The van der Waals surface area contributed by atoms with Gasteiger partial charge >= 0.3 is 17.6 Å². The highest BCUT2D eigenvalue weighted by atomic mass is 28.4. The Balaban J connectivity index is 2.16. The van der Waals surface area contributed by atoms with Crippen molar-refractivity contribution in [2.75, 3.05) is 55.9 Å². The van der Waals surface area contributed by atoms with Crippen molar-refractivity contribution in [3.63, 3.8) is 0 Å². The molecule has 3 rings (SSSR count). The minimum absolute atomic E-state index is 0.0969. The Morgan fingerprint density at radius 1 is 0.786 bits per heavy atom. The number of hydrogen-bond donors (Lipinski definition) is 0. The van der Waals surface area contributed by atoms with Gasteiger partial charge in [0.15, 0.2) is 0 Å². The summed E-state index contributed by atoms with van der Waals surface area (Å²) in [4.78, 5) is 4.57. The number of aromatic nitrogens is 1. The van der Waals surface area contributed by atoms with Crippen LogP contribution in [-0.2, 0) is 26.6 Å². The van der Waals surface area contributed by atoms with E-state index in [1.54, 1.807) is 48.9 Å². The van der Waals surface area contributed by atoms with Gasteiger partial charge in [0.05, 0.1) is 29.9 Å². The molecule has 0 aliphatic carbocycles. The lowest BCUT2D eigenvalue weighted by molar-refractivity contribution is 0.0982. The van der Waals surface area contributed by atoms with Crippen LogP contribution in [0.3, 0.4) is 0 Å². The lowest BCUT2D eigenvalue weighted by Gasteiger charge is -2.40. The monoisotopic (exact) mass is 431 g/mol. The van der Waals surface area contributed by atoms with Gasteiger partial charge in [-0.3, -0.25) is 0 Å². The van der Waals surface area contributed by atoms with Crippen molar-refractivity contribution >= 4 is 17.6 Å². The van der Waals surface area contributed by atoms with Gasteiger partial charge in [0.1, 0.15) is 5.75 Å². The number of ether oxygens (including phenoxy) is 2. The second kappa shape index (κ2) is 8.75. The standard InChI is InChI=1S/C17H29NO8Si2/c1-19-27(20-2,21-3)13-7-9-25-16-12(13)11-18-17-15(16)14(8-10-26-17)28(22-4,23-5)24-6/h11,13-14H,7-10H2,1-6H3. The molecule has 28 heavy (non-hydrogen) atoms. The molecule has 0 fully saturated rings. The zero-order chi connectivity index (χ0) is 20.4. The van der Waals surface area contributed by atoms with Gasteiger partial charge in [-0.25, -0.2) is 4.98 Å². The van der Waals surface area contributed by atoms with E-state index in [4.69, 9.17) is 36.0 Å². The largest absolute Gasteiger partial charge is 0.508 e. The highest BCUT2D eigenvalue weighted by Gasteiger charge is 2.55. The summed E-state index contributed by atoms with van der Waals surface area (Å²) in [5, 5.41) is 0. The van der Waals surface area contributed by atoms with E-state index >= 15 is 0 Å². The van der Waals surface area contributed by atoms with E-state index in [1.807, 2.05) is 0 Å². The number of rotatable bonds is 8. The topological polar surface area (TPSA) is 86.7 Å². The van der Waals surface area contributed by atoms with Crippen LogP contribution in [-0.4, -0.2) is 78.5 Å². The van der Waals surface area contributed by atoms with Gasteiger partial charge in [-0.05, 0) is 12.8 Å². The normalized spacial score (nSPS) is 22.1. The molecule has 2 aliphatic rings. The predicted molar refractivity (Wildman–Crippen MR) is 104 cm³/mol. The molecule has 0 saturated carbocycles. The maximum atomic E-state index is 6.13. The minimum Gasteiger partial charge on any atom is -0.493 e. The molecule has 0 radical (unpaired) electrons. The van der Waals surface area contributed by atoms with E-state index in [2.05, 4.69) is 4.98 Å². The number of pyridine rings is 1. The molecule has 2 unspecified atom stereocenters. The molecule has 11 heteroatoms. The van der Waals surface area contributed by atoms with Crippen LogP contribution < -0.4 is 9.47 Å². The number of fused-ring (bicyclic) bond motifs is 3. The predicted octanol–water partition coefficient (Wildman–Crippen LogP) is 1.65. The van der Waals surface area contributed by atoms with Crippen molar-refractivity contribution in [2.24, 2.45) is 0 Å². The number of nitrogens with zero attached hydrogens (tertiary/aromatic N) is 1. The van der Waals surface area contributed by atoms with Crippen LogP contribution in [0.25, 0.3) is 0 Å². The Morgan fingerprint density at radius 2 is 1.29 bits per heavy atom. The van der Waals surface area contributed by atoms with Crippen LogP contribution in [0.2, 0.25) is 0 Å². The third-order valence-electron chi connectivity index (χ3n) is 5.64. The van der Waals surface area contributed by atoms with Gasteiger partial charge in [-0.1, -0.05) is 0 Å². The zero-order valence-electron chi connectivity index (χ0n) is 17.3. The molecule has 9 nitrogen and oxygen atoms in total. The first-order chi connectivity index (χ1) is 13.6. The van der Waals surface area contributed by atoms with Crippen molar-refractivity contribution < 1.29 is 36.0 Å². The van der Waals surface area contributed by atoms with Gasteiger partial charge in [0.2, 0.25) is 5.88 Å². The second-order valence-corrected chi connectivity index (χ2v) is 12.8. The van der Waals surface area contributed by atoms with E-state index in [0.29, 0.717) is 31.9 Å². The third kappa shape index (κ3) is 3.29. The summed E-state index contributed by atoms with van der Waals surface area (Å²) >= 11 is 0. The van der Waals surface area contributed by atoms with Crippen molar-refractivity contribution in [3.05, 3.63) is 17.3 Å². The lowest BCUT2D eigenvalue weighted by atomic mass is 10.0. The lowest BCUT2D eigenvalue weighted by Crippen LogP contribution is -2.52. The van der Waals surface area contributed by atoms with Crippen LogP contribution in [0.5, 0.6) is 11.6 Å². The summed E-state index contributed by atoms with van der Waals surface area (Å²) in [6.45, 7) is 1.01. The van der Waals surface area contributed by atoms with Crippen LogP contribution in [0, 0.1) is 0 Å². The second-order valence-electron chi connectivity index (χ2n) is 6.57. The summed E-state index contributed by atoms with van der Waals surface area (Å²) in [6, 6.07) is 0. The highest BCUT2D eigenvalue weighted by Crippen LogP contribution is 2.50. The summed E-state index contributed by atoms with van der Waals surface area (Å²) in [5.41, 5.74) is 1.47. The van der Waals surface area contributed by atoms with Crippen molar-refractivity contribution in [1.29, 1.82) is 0 Å². The fraction of sp³-hybridized carbons (Fsp3) is 0.706. The molecule has 0 saturated heterocycles. The van der Waals surface area contributed by atoms with E-state index in [9.17, 15) is 0 Å². The van der Waals surface area contributed by atoms with Gasteiger partial charge < -0.3 is 36.0 Å². The van der Waals surface area contributed by atoms with Gasteiger partial charge in [0, 0.05) is 54.4 Å². The zero-order valence-corrected chi connectivity index (χ0v) is 19.3. The molecule has 2 aliphatic heterocycles. The number of hydrogen-bond acceptors (Lipinski definition) is 9. The molecule has 158 valence electrons. The summed E-state index contributed by atoms with van der Waals surface area (Å²) < 4.78 is 46.5. The fourth-order valence-corrected chi connectivity index (χ4v) is 9.11. The molecule has 3 heterocycles. The van der Waals surface area contributed by atoms with Crippen molar-refractivity contribution in [3.8, 4) is 11.6 Å². The Kier molecular flexibility index (Phi) is 6.77. The minimum atomic E-state index is -3.00. The quantitative estimate of drug-likeness (QED) is 0.570. The highest BCUT2D eigenvalue weighted by molar-refractivity contribution is 6.63. The first kappa shape index (κ1) is 21.6. The average molecular weight is 432 g/mol. The maximum absolute atomic E-state index is 6.13. The van der Waals surface area contributed by atoms with Gasteiger partial charge in [0.25, 0.3) is 0 Å². The molecule has 0 amide bonds. The molecular formula is C17H29NO8Si2. The summed E-state index contributed by atoms with van der Waals surface area (Å²) in [7, 11) is 3.73. The third-order valence-corrected chi connectivity index (χ3v) is 11.9. The van der Waals surface area contributed by atoms with E-state index in [-0.39, 0.29) is 11.1 Å². The van der Waals surface area contributed by atoms with E-state index in [1.165, 1.54) is 0 Å². The molecule has 1 aromatic heterocycles. The molecule has 1 aromatic rings. The molecular weight excluding hydrogens is 402 g/mol. The van der Waals surface area contributed by atoms with Crippen LogP contribution in [0.1, 0.15) is 35.1 Å². The first-order valence-electron chi connectivity index (χ1n) is 9.15. The first-order valence-corrected chi connectivity index (χ1v) is 12.8. The summed E-state index contributed by atoms with van der Waals surface area (Å²) in [6.07, 6.45) is 3.17. The Hall–Kier alpha value is -1.06. The fourth-order valence-electron chi connectivity index (χ4n) is 4.27. The van der Waals surface area contributed by atoms with Gasteiger partial charge in [-0.2, -0.15) is 0 Å². The van der Waals surface area contributed by atoms with E-state index in [0.717, 1.165) is 16.9 Å². The van der Waals surface area contributed by atoms with Crippen molar-refractivity contribution in [1.82, 2.24) is 4.98 Å². The van der Waals surface area contributed by atoms with Crippen LogP contribution >= 0.6 is 0 Å². The SMILES string of the molecule is CO[Si](OC)(OC)C1CCOc2c1cnc1c2C([Si](OC)(OC)OC)CCO1. The smallest absolute Gasteiger partial charge is 0.493 e. The van der Waals surface area contributed by atoms with E-state index < -0.39 is 17.6 Å². The van der Waals surface area contributed by atoms with Crippen LogP contribution in [0.4, 0.5) is 0 Å². The van der Waals surface area contributed by atoms with Crippen LogP contribution in [0.15, 0.2) is 6.20 Å².